The smallest absolute Gasteiger partial charge is 0.206 e. The van der Waals surface area contributed by atoms with Gasteiger partial charge in [-0.3, -0.25) is 0 Å². The summed E-state index contributed by atoms with van der Waals surface area (Å²) in [6, 6.07) is 10.00. The molecule has 1 nitrogen and oxygen atoms in total. The standard InChI is InChI=1S/C14H7F4N/c15-13-7-10(1-2-11(13)8-19)9-3-5-12(6-4-9)14(16,17)18/h1-7H. The summed E-state index contributed by atoms with van der Waals surface area (Å²) in [5.74, 6) is -0.695. The predicted molar refractivity (Wildman–Crippen MR) is 61.6 cm³/mol. The monoisotopic (exact) mass is 265 g/mol. The summed E-state index contributed by atoms with van der Waals surface area (Å²) in [4.78, 5) is 0. The van der Waals surface area contributed by atoms with Gasteiger partial charge in [0.2, 0.25) is 0 Å². The van der Waals surface area contributed by atoms with Gasteiger partial charge in [0.15, 0.2) is 0 Å². The molecule has 0 spiro atoms. The van der Waals surface area contributed by atoms with Crippen molar-refractivity contribution in [2.24, 2.45) is 0 Å². The fourth-order valence-corrected chi connectivity index (χ4v) is 1.64. The SMILES string of the molecule is N#Cc1ccc(-c2ccc(C(F)(F)F)cc2)cc1F. The average Bonchev–Trinajstić information content (AvgIpc) is 2.38. The van der Waals surface area contributed by atoms with E-state index in [-0.39, 0.29) is 5.56 Å². The van der Waals surface area contributed by atoms with Gasteiger partial charge in [0.25, 0.3) is 0 Å². The first kappa shape index (κ1) is 13.1. The Morgan fingerprint density at radius 2 is 1.47 bits per heavy atom. The second kappa shape index (κ2) is 4.73. The van der Waals surface area contributed by atoms with Crippen molar-refractivity contribution in [2.45, 2.75) is 6.18 Å². The van der Waals surface area contributed by atoms with Crippen LogP contribution in [0.2, 0.25) is 0 Å². The maximum absolute atomic E-state index is 13.4. The molecule has 0 aliphatic rings. The fourth-order valence-electron chi connectivity index (χ4n) is 1.64. The lowest BCUT2D eigenvalue weighted by molar-refractivity contribution is -0.137. The van der Waals surface area contributed by atoms with Crippen LogP contribution in [-0.2, 0) is 6.18 Å². The molecule has 0 unspecified atom stereocenters. The summed E-state index contributed by atoms with van der Waals surface area (Å²) in [6.07, 6.45) is -4.39. The van der Waals surface area contributed by atoms with Crippen LogP contribution in [0.3, 0.4) is 0 Å². The second-order valence-corrected chi connectivity index (χ2v) is 3.88. The third kappa shape index (κ3) is 2.74. The van der Waals surface area contributed by atoms with Crippen LogP contribution in [0.5, 0.6) is 0 Å². The number of hydrogen-bond acceptors (Lipinski definition) is 1. The topological polar surface area (TPSA) is 23.8 Å². The zero-order valence-electron chi connectivity index (χ0n) is 9.50. The van der Waals surface area contributed by atoms with Crippen molar-refractivity contribution in [3.8, 4) is 17.2 Å². The maximum atomic E-state index is 13.4. The largest absolute Gasteiger partial charge is 0.416 e. The molecule has 0 aliphatic heterocycles. The Labute approximate surface area is 106 Å². The average molecular weight is 265 g/mol. The first-order valence-corrected chi connectivity index (χ1v) is 5.29. The minimum Gasteiger partial charge on any atom is -0.206 e. The van der Waals surface area contributed by atoms with E-state index in [1.165, 1.54) is 24.3 Å². The second-order valence-electron chi connectivity index (χ2n) is 3.88. The van der Waals surface area contributed by atoms with Crippen LogP contribution in [0.15, 0.2) is 42.5 Å². The van der Waals surface area contributed by atoms with Crippen molar-refractivity contribution in [3.63, 3.8) is 0 Å². The maximum Gasteiger partial charge on any atom is 0.416 e. The highest BCUT2D eigenvalue weighted by atomic mass is 19.4. The normalized spacial score (nSPS) is 11.1. The Morgan fingerprint density at radius 3 is 1.95 bits per heavy atom. The molecule has 0 radical (unpaired) electrons. The Kier molecular flexibility index (Phi) is 3.26. The number of hydrogen-bond donors (Lipinski definition) is 0. The summed E-state index contributed by atoms with van der Waals surface area (Å²) >= 11 is 0. The number of rotatable bonds is 1. The van der Waals surface area contributed by atoms with Crippen LogP contribution in [0.25, 0.3) is 11.1 Å². The van der Waals surface area contributed by atoms with Crippen LogP contribution >= 0.6 is 0 Å². The van der Waals surface area contributed by atoms with E-state index in [0.29, 0.717) is 11.1 Å². The van der Waals surface area contributed by atoms with Gasteiger partial charge in [0, 0.05) is 0 Å². The highest BCUT2D eigenvalue weighted by Crippen LogP contribution is 2.31. The molecular formula is C14H7F4N. The molecule has 0 atom stereocenters. The van der Waals surface area contributed by atoms with Gasteiger partial charge in [-0.05, 0) is 35.4 Å². The summed E-state index contributed by atoms with van der Waals surface area (Å²) in [5, 5.41) is 8.59. The highest BCUT2D eigenvalue weighted by molar-refractivity contribution is 5.64. The van der Waals surface area contributed by atoms with Crippen LogP contribution in [0.1, 0.15) is 11.1 Å². The molecule has 0 aliphatic carbocycles. The van der Waals surface area contributed by atoms with Gasteiger partial charge in [-0.1, -0.05) is 18.2 Å². The Hall–Kier alpha value is -2.35. The molecule has 96 valence electrons. The Bertz CT molecular complexity index is 636. The van der Waals surface area contributed by atoms with Crippen LogP contribution < -0.4 is 0 Å². The van der Waals surface area contributed by atoms with Gasteiger partial charge in [-0.2, -0.15) is 18.4 Å². The Balaban J connectivity index is 2.38. The van der Waals surface area contributed by atoms with Crippen molar-refractivity contribution >= 4 is 0 Å². The van der Waals surface area contributed by atoms with Gasteiger partial charge >= 0.3 is 6.18 Å². The lowest BCUT2D eigenvalue weighted by Crippen LogP contribution is -2.04. The minimum absolute atomic E-state index is 0.101. The molecule has 2 aromatic carbocycles. The molecule has 5 heteroatoms. The highest BCUT2D eigenvalue weighted by Gasteiger charge is 2.29. The number of alkyl halides is 3. The molecule has 0 saturated carbocycles. The van der Waals surface area contributed by atoms with Crippen molar-refractivity contribution in [1.29, 1.82) is 5.26 Å². The molecule has 0 N–H and O–H groups in total. The molecule has 2 aromatic rings. The Morgan fingerprint density at radius 1 is 0.895 bits per heavy atom. The molecule has 0 bridgehead atoms. The van der Waals surface area contributed by atoms with Gasteiger partial charge in [0.1, 0.15) is 11.9 Å². The van der Waals surface area contributed by atoms with Crippen molar-refractivity contribution in [3.05, 3.63) is 59.4 Å². The zero-order valence-corrected chi connectivity index (χ0v) is 9.50. The lowest BCUT2D eigenvalue weighted by atomic mass is 10.0. The van der Waals surface area contributed by atoms with Crippen LogP contribution in [0, 0.1) is 17.1 Å². The quantitative estimate of drug-likeness (QED) is 0.702. The molecule has 19 heavy (non-hydrogen) atoms. The van der Waals surface area contributed by atoms with Gasteiger partial charge in [0.05, 0.1) is 11.1 Å². The summed E-state index contributed by atoms with van der Waals surface area (Å²) < 4.78 is 50.6. The zero-order chi connectivity index (χ0) is 14.0. The molecular weight excluding hydrogens is 258 g/mol. The number of halogens is 4. The van der Waals surface area contributed by atoms with E-state index in [1.807, 2.05) is 0 Å². The van der Waals surface area contributed by atoms with E-state index >= 15 is 0 Å². The van der Waals surface area contributed by atoms with Crippen LogP contribution in [0.4, 0.5) is 17.6 Å². The first-order valence-electron chi connectivity index (χ1n) is 5.29. The fraction of sp³-hybridized carbons (Fsp3) is 0.0714. The summed E-state index contributed by atoms with van der Waals surface area (Å²) in [5.41, 5.74) is 0.0163. The number of nitrogens with zero attached hydrogens (tertiary/aromatic N) is 1. The molecule has 0 aromatic heterocycles. The summed E-state index contributed by atoms with van der Waals surface area (Å²) in [7, 11) is 0. The molecule has 2 rings (SSSR count). The lowest BCUT2D eigenvalue weighted by Gasteiger charge is -2.08. The minimum atomic E-state index is -4.39. The number of benzene rings is 2. The molecule has 0 heterocycles. The first-order chi connectivity index (χ1) is 8.91. The third-order valence-corrected chi connectivity index (χ3v) is 2.64. The van der Waals surface area contributed by atoms with E-state index in [1.54, 1.807) is 6.07 Å². The van der Waals surface area contributed by atoms with Crippen molar-refractivity contribution < 1.29 is 17.6 Å². The van der Waals surface area contributed by atoms with Gasteiger partial charge in [-0.25, -0.2) is 4.39 Å². The predicted octanol–water partition coefficient (Wildman–Crippen LogP) is 4.38. The van der Waals surface area contributed by atoms with Crippen molar-refractivity contribution in [1.82, 2.24) is 0 Å². The van der Waals surface area contributed by atoms with Gasteiger partial charge < -0.3 is 0 Å². The van der Waals surface area contributed by atoms with E-state index in [0.717, 1.165) is 18.2 Å². The molecule has 0 saturated heterocycles. The van der Waals surface area contributed by atoms with E-state index < -0.39 is 17.6 Å². The van der Waals surface area contributed by atoms with E-state index in [9.17, 15) is 17.6 Å². The van der Waals surface area contributed by atoms with E-state index in [4.69, 9.17) is 5.26 Å². The molecule has 0 amide bonds. The van der Waals surface area contributed by atoms with Crippen molar-refractivity contribution in [2.75, 3.05) is 0 Å². The van der Waals surface area contributed by atoms with Gasteiger partial charge in [-0.15, -0.1) is 0 Å². The van der Waals surface area contributed by atoms with E-state index in [2.05, 4.69) is 0 Å². The number of nitriles is 1. The summed E-state index contributed by atoms with van der Waals surface area (Å²) in [6.45, 7) is 0. The molecule has 0 fully saturated rings. The third-order valence-electron chi connectivity index (χ3n) is 2.64. The van der Waals surface area contributed by atoms with Crippen LogP contribution in [-0.4, -0.2) is 0 Å².